The van der Waals surface area contributed by atoms with Gasteiger partial charge in [0.25, 0.3) is 0 Å². The zero-order valence-electron chi connectivity index (χ0n) is 10.1. The largest absolute Gasteiger partial charge is 0.389 e. The van der Waals surface area contributed by atoms with Crippen LogP contribution in [0.4, 0.5) is 0 Å². The van der Waals surface area contributed by atoms with Crippen LogP contribution in [-0.2, 0) is 0 Å². The maximum Gasteiger partial charge on any atom is 0.166 e. The molecule has 5 heteroatoms. The molecule has 96 valence electrons. The first-order chi connectivity index (χ1) is 8.75. The van der Waals surface area contributed by atoms with Crippen LogP contribution in [0.2, 0.25) is 0 Å². The standard InChI is InChI=1S/C13H17N3OS/c17-13(5-7-14-8-6-13)9-18-12-15-10-3-1-2-4-11(10)16-12/h1-4,14,17H,5-9H2,(H,15,16). The van der Waals surface area contributed by atoms with Crippen molar-refractivity contribution in [3.05, 3.63) is 24.3 Å². The van der Waals surface area contributed by atoms with E-state index in [1.807, 2.05) is 24.3 Å². The number of piperidine rings is 1. The summed E-state index contributed by atoms with van der Waals surface area (Å²) in [6.07, 6.45) is 1.64. The van der Waals surface area contributed by atoms with Crippen LogP contribution in [0.15, 0.2) is 29.4 Å². The summed E-state index contributed by atoms with van der Waals surface area (Å²) in [5, 5.41) is 14.6. The molecule has 0 atom stereocenters. The fourth-order valence-corrected chi connectivity index (χ4v) is 3.28. The molecule has 1 aromatic carbocycles. The van der Waals surface area contributed by atoms with E-state index in [1.54, 1.807) is 11.8 Å². The van der Waals surface area contributed by atoms with Crippen molar-refractivity contribution in [3.63, 3.8) is 0 Å². The van der Waals surface area contributed by atoms with Gasteiger partial charge in [-0.05, 0) is 38.1 Å². The maximum absolute atomic E-state index is 10.4. The minimum Gasteiger partial charge on any atom is -0.389 e. The maximum atomic E-state index is 10.4. The molecule has 0 unspecified atom stereocenters. The average molecular weight is 263 g/mol. The Morgan fingerprint density at radius 2 is 2.06 bits per heavy atom. The molecule has 2 heterocycles. The van der Waals surface area contributed by atoms with Crippen LogP contribution in [0.3, 0.4) is 0 Å². The van der Waals surface area contributed by atoms with Crippen molar-refractivity contribution >= 4 is 22.8 Å². The van der Waals surface area contributed by atoms with Crippen LogP contribution < -0.4 is 5.32 Å². The van der Waals surface area contributed by atoms with E-state index in [1.165, 1.54) is 0 Å². The number of aliphatic hydroxyl groups is 1. The molecule has 18 heavy (non-hydrogen) atoms. The first-order valence-corrected chi connectivity index (χ1v) is 7.24. The second-order valence-electron chi connectivity index (χ2n) is 4.82. The Balaban J connectivity index is 1.69. The molecule has 4 nitrogen and oxygen atoms in total. The predicted molar refractivity (Wildman–Crippen MR) is 73.9 cm³/mol. The van der Waals surface area contributed by atoms with E-state index in [0.717, 1.165) is 42.1 Å². The number of aromatic nitrogens is 2. The van der Waals surface area contributed by atoms with Crippen LogP contribution in [0.5, 0.6) is 0 Å². The van der Waals surface area contributed by atoms with Crippen LogP contribution in [-0.4, -0.2) is 39.5 Å². The van der Waals surface area contributed by atoms with E-state index in [0.29, 0.717) is 5.75 Å². The topological polar surface area (TPSA) is 60.9 Å². The fraction of sp³-hybridized carbons (Fsp3) is 0.462. The summed E-state index contributed by atoms with van der Waals surface area (Å²) in [5.41, 5.74) is 1.49. The average Bonchev–Trinajstić information content (AvgIpc) is 2.80. The molecule has 3 rings (SSSR count). The molecule has 0 bridgehead atoms. The Labute approximate surface area is 110 Å². The molecule has 0 amide bonds. The number of imidazole rings is 1. The van der Waals surface area contributed by atoms with E-state index in [4.69, 9.17) is 0 Å². The summed E-state index contributed by atoms with van der Waals surface area (Å²) < 4.78 is 0. The predicted octanol–water partition coefficient (Wildman–Crippen LogP) is 1.77. The second-order valence-corrected chi connectivity index (χ2v) is 5.79. The summed E-state index contributed by atoms with van der Waals surface area (Å²) >= 11 is 1.61. The van der Waals surface area contributed by atoms with Crippen molar-refractivity contribution in [2.24, 2.45) is 0 Å². The van der Waals surface area contributed by atoms with Crippen molar-refractivity contribution in [1.82, 2.24) is 15.3 Å². The highest BCUT2D eigenvalue weighted by molar-refractivity contribution is 7.99. The number of rotatable bonds is 3. The first kappa shape index (κ1) is 12.0. The van der Waals surface area contributed by atoms with Gasteiger partial charge in [0.2, 0.25) is 0 Å². The second kappa shape index (κ2) is 4.91. The molecule has 1 aromatic heterocycles. The number of aromatic amines is 1. The number of H-pyrrole nitrogens is 1. The quantitative estimate of drug-likeness (QED) is 0.739. The summed E-state index contributed by atoms with van der Waals surface area (Å²) in [7, 11) is 0. The highest BCUT2D eigenvalue weighted by atomic mass is 32.2. The lowest BCUT2D eigenvalue weighted by Gasteiger charge is -2.31. The molecular weight excluding hydrogens is 246 g/mol. The van der Waals surface area contributed by atoms with E-state index in [2.05, 4.69) is 15.3 Å². The normalized spacial score (nSPS) is 19.2. The molecule has 0 saturated carbocycles. The smallest absolute Gasteiger partial charge is 0.166 e. The number of nitrogens with zero attached hydrogens (tertiary/aromatic N) is 1. The van der Waals surface area contributed by atoms with Crippen molar-refractivity contribution in [3.8, 4) is 0 Å². The van der Waals surface area contributed by atoms with E-state index < -0.39 is 5.60 Å². The Hall–Kier alpha value is -1.04. The Morgan fingerprint density at radius 3 is 2.83 bits per heavy atom. The number of fused-ring (bicyclic) bond motifs is 1. The van der Waals surface area contributed by atoms with E-state index >= 15 is 0 Å². The number of hydrogen-bond acceptors (Lipinski definition) is 4. The third kappa shape index (κ3) is 2.53. The van der Waals surface area contributed by atoms with Crippen molar-refractivity contribution in [2.75, 3.05) is 18.8 Å². The zero-order chi connectivity index (χ0) is 12.4. The van der Waals surface area contributed by atoms with Gasteiger partial charge in [-0.25, -0.2) is 4.98 Å². The molecular formula is C13H17N3OS. The minimum absolute atomic E-state index is 0.547. The van der Waals surface area contributed by atoms with Gasteiger partial charge in [0.1, 0.15) is 0 Å². The third-order valence-electron chi connectivity index (χ3n) is 3.38. The van der Waals surface area contributed by atoms with Gasteiger partial charge in [-0.2, -0.15) is 0 Å². The number of thioether (sulfide) groups is 1. The van der Waals surface area contributed by atoms with Gasteiger partial charge in [-0.3, -0.25) is 0 Å². The Morgan fingerprint density at radius 1 is 1.28 bits per heavy atom. The Bertz CT molecular complexity index is 501. The van der Waals surface area contributed by atoms with Gasteiger partial charge < -0.3 is 15.4 Å². The van der Waals surface area contributed by atoms with Crippen LogP contribution in [0.25, 0.3) is 11.0 Å². The van der Waals surface area contributed by atoms with Crippen LogP contribution >= 0.6 is 11.8 Å². The monoisotopic (exact) mass is 263 g/mol. The molecule has 1 aliphatic rings. The van der Waals surface area contributed by atoms with Gasteiger partial charge in [-0.15, -0.1) is 0 Å². The minimum atomic E-state index is -0.547. The molecule has 3 N–H and O–H groups in total. The van der Waals surface area contributed by atoms with Crippen molar-refractivity contribution in [1.29, 1.82) is 0 Å². The molecule has 1 fully saturated rings. The number of nitrogens with one attached hydrogen (secondary N) is 2. The molecule has 0 radical (unpaired) electrons. The van der Waals surface area contributed by atoms with Crippen molar-refractivity contribution < 1.29 is 5.11 Å². The summed E-state index contributed by atoms with van der Waals surface area (Å²) in [6, 6.07) is 7.99. The molecule has 1 aliphatic heterocycles. The molecule has 0 spiro atoms. The first-order valence-electron chi connectivity index (χ1n) is 6.26. The number of para-hydroxylation sites is 2. The van der Waals surface area contributed by atoms with Gasteiger partial charge >= 0.3 is 0 Å². The van der Waals surface area contributed by atoms with Crippen LogP contribution in [0, 0.1) is 0 Å². The van der Waals surface area contributed by atoms with Gasteiger partial charge in [0, 0.05) is 5.75 Å². The Kier molecular flexibility index (Phi) is 3.28. The SMILES string of the molecule is OC1(CSc2nc3ccccc3[nH]2)CCNCC1. The third-order valence-corrected chi connectivity index (χ3v) is 4.53. The summed E-state index contributed by atoms with van der Waals surface area (Å²) in [6.45, 7) is 1.80. The fourth-order valence-electron chi connectivity index (χ4n) is 2.24. The molecule has 0 aliphatic carbocycles. The van der Waals surface area contributed by atoms with Crippen LogP contribution in [0.1, 0.15) is 12.8 Å². The highest BCUT2D eigenvalue weighted by Gasteiger charge is 2.29. The summed E-state index contributed by atoms with van der Waals surface area (Å²) in [4.78, 5) is 7.79. The lowest BCUT2D eigenvalue weighted by atomic mass is 9.95. The highest BCUT2D eigenvalue weighted by Crippen LogP contribution is 2.27. The molecule has 2 aromatic rings. The summed E-state index contributed by atoms with van der Waals surface area (Å²) in [5.74, 6) is 0.703. The van der Waals surface area contributed by atoms with Gasteiger partial charge in [0.05, 0.1) is 16.6 Å². The lowest BCUT2D eigenvalue weighted by molar-refractivity contribution is 0.0339. The lowest BCUT2D eigenvalue weighted by Crippen LogP contribution is -2.43. The van der Waals surface area contributed by atoms with Gasteiger partial charge in [0.15, 0.2) is 5.16 Å². The number of hydrogen-bond donors (Lipinski definition) is 3. The van der Waals surface area contributed by atoms with Crippen molar-refractivity contribution in [2.45, 2.75) is 23.6 Å². The molecule has 1 saturated heterocycles. The zero-order valence-corrected chi connectivity index (χ0v) is 11.0. The van der Waals surface area contributed by atoms with E-state index in [9.17, 15) is 5.11 Å². The van der Waals surface area contributed by atoms with E-state index in [-0.39, 0.29) is 0 Å². The number of benzene rings is 1. The van der Waals surface area contributed by atoms with Gasteiger partial charge in [-0.1, -0.05) is 23.9 Å².